The number of fused-ring (bicyclic) bond motifs is 1. The van der Waals surface area contributed by atoms with Crippen molar-refractivity contribution >= 4 is 34.5 Å². The summed E-state index contributed by atoms with van der Waals surface area (Å²) >= 11 is 0. The van der Waals surface area contributed by atoms with Gasteiger partial charge in [-0.05, 0) is 26.0 Å². The van der Waals surface area contributed by atoms with E-state index in [2.05, 4.69) is 32.0 Å². The molecule has 188 valence electrons. The van der Waals surface area contributed by atoms with Crippen LogP contribution in [0.15, 0.2) is 36.8 Å². The quantitative estimate of drug-likeness (QED) is 0.314. The van der Waals surface area contributed by atoms with Crippen LogP contribution in [-0.4, -0.2) is 56.6 Å². The van der Waals surface area contributed by atoms with Crippen molar-refractivity contribution in [3.63, 3.8) is 0 Å². The van der Waals surface area contributed by atoms with Crippen molar-refractivity contribution in [3.05, 3.63) is 47.9 Å². The topological polar surface area (TPSA) is 162 Å². The van der Waals surface area contributed by atoms with E-state index in [4.69, 9.17) is 10.4 Å². The number of anilines is 1. The Hall–Kier alpha value is -4.46. The van der Waals surface area contributed by atoms with Gasteiger partial charge in [-0.3, -0.25) is 19.0 Å². The summed E-state index contributed by atoms with van der Waals surface area (Å²) < 4.78 is 1.78. The number of nitriles is 1. The Labute approximate surface area is 208 Å². The van der Waals surface area contributed by atoms with Gasteiger partial charge in [0.1, 0.15) is 17.5 Å². The van der Waals surface area contributed by atoms with Crippen molar-refractivity contribution in [2.24, 2.45) is 5.41 Å². The number of aromatic nitrogens is 3. The molecule has 0 aromatic carbocycles. The van der Waals surface area contributed by atoms with E-state index in [0.29, 0.717) is 28.3 Å². The molecule has 0 fully saturated rings. The number of carbonyl (C=O) groups excluding carboxylic acids is 2. The maximum absolute atomic E-state index is 12.9. The van der Waals surface area contributed by atoms with Crippen molar-refractivity contribution in [2.45, 2.75) is 40.2 Å². The van der Waals surface area contributed by atoms with Gasteiger partial charge in [-0.1, -0.05) is 13.8 Å². The molecule has 0 saturated carbocycles. The number of hydrogen-bond acceptors (Lipinski definition) is 7. The van der Waals surface area contributed by atoms with Gasteiger partial charge in [0.15, 0.2) is 0 Å². The van der Waals surface area contributed by atoms with E-state index >= 15 is 0 Å². The Bertz CT molecular complexity index is 1340. The molecule has 0 aliphatic carbocycles. The van der Waals surface area contributed by atoms with Gasteiger partial charge in [0, 0.05) is 49.2 Å². The SMILES string of the molecule is CC(C)Nc1cc(-n2ccc3cc(C#N)cnc32)ncc1C(=O)NCCNC(=O)C(C)(C)CC(=O)O. The fourth-order valence-corrected chi connectivity index (χ4v) is 3.60. The lowest BCUT2D eigenvalue weighted by Gasteiger charge is -2.21. The number of nitrogens with one attached hydrogen (secondary N) is 3. The van der Waals surface area contributed by atoms with E-state index in [1.807, 2.05) is 19.9 Å². The number of carboxylic acids is 1. The lowest BCUT2D eigenvalue weighted by Crippen LogP contribution is -2.42. The molecule has 0 saturated heterocycles. The fraction of sp³-hybridized carbons (Fsp3) is 0.360. The molecule has 3 aromatic heterocycles. The van der Waals surface area contributed by atoms with E-state index in [9.17, 15) is 14.4 Å². The number of hydrogen-bond donors (Lipinski definition) is 4. The summed E-state index contributed by atoms with van der Waals surface area (Å²) in [6.45, 7) is 7.32. The van der Waals surface area contributed by atoms with Gasteiger partial charge in [-0.25, -0.2) is 9.97 Å². The number of carboxylic acid groups (broad SMARTS) is 1. The smallest absolute Gasteiger partial charge is 0.304 e. The monoisotopic (exact) mass is 491 g/mol. The molecule has 0 unspecified atom stereocenters. The minimum Gasteiger partial charge on any atom is -0.481 e. The van der Waals surface area contributed by atoms with Crippen LogP contribution in [0.3, 0.4) is 0 Å². The largest absolute Gasteiger partial charge is 0.481 e. The lowest BCUT2D eigenvalue weighted by molar-refractivity contribution is -0.144. The fourth-order valence-electron chi connectivity index (χ4n) is 3.60. The summed E-state index contributed by atoms with van der Waals surface area (Å²) in [7, 11) is 0. The molecular weight excluding hydrogens is 462 g/mol. The van der Waals surface area contributed by atoms with Crippen LogP contribution in [0.1, 0.15) is 50.0 Å². The van der Waals surface area contributed by atoms with Crippen LogP contribution in [0.5, 0.6) is 0 Å². The van der Waals surface area contributed by atoms with E-state index in [1.54, 1.807) is 36.7 Å². The number of rotatable bonds is 10. The van der Waals surface area contributed by atoms with E-state index < -0.39 is 17.3 Å². The summed E-state index contributed by atoms with van der Waals surface area (Å²) in [6.07, 6.45) is 4.47. The third kappa shape index (κ3) is 6.15. The molecule has 0 radical (unpaired) electrons. The lowest BCUT2D eigenvalue weighted by atomic mass is 9.88. The second-order valence-electron chi connectivity index (χ2n) is 9.29. The first-order chi connectivity index (χ1) is 17.0. The first-order valence-electron chi connectivity index (χ1n) is 11.4. The summed E-state index contributed by atoms with van der Waals surface area (Å²) in [5.74, 6) is -1.28. The van der Waals surface area contributed by atoms with Gasteiger partial charge in [-0.2, -0.15) is 5.26 Å². The van der Waals surface area contributed by atoms with Gasteiger partial charge >= 0.3 is 5.97 Å². The van der Waals surface area contributed by atoms with E-state index in [0.717, 1.165) is 5.39 Å². The van der Waals surface area contributed by atoms with Crippen molar-refractivity contribution in [1.82, 2.24) is 25.2 Å². The van der Waals surface area contributed by atoms with Crippen LogP contribution in [0, 0.1) is 16.7 Å². The molecular formula is C25H29N7O4. The third-order valence-corrected chi connectivity index (χ3v) is 5.38. The molecule has 0 atom stereocenters. The molecule has 0 aliphatic heterocycles. The molecule has 0 bridgehead atoms. The Morgan fingerprint density at radius 1 is 1.14 bits per heavy atom. The Morgan fingerprint density at radius 2 is 1.86 bits per heavy atom. The van der Waals surface area contributed by atoms with Gasteiger partial charge in [0.2, 0.25) is 5.91 Å². The minimum absolute atomic E-state index is 0.0419. The highest BCUT2D eigenvalue weighted by molar-refractivity contribution is 5.99. The van der Waals surface area contributed by atoms with Gasteiger partial charge in [0.25, 0.3) is 5.91 Å². The average molecular weight is 492 g/mol. The zero-order valence-electron chi connectivity index (χ0n) is 20.6. The summed E-state index contributed by atoms with van der Waals surface area (Å²) in [5.41, 5.74) is 0.952. The predicted octanol–water partition coefficient (Wildman–Crippen LogP) is 2.46. The molecule has 4 N–H and O–H groups in total. The Kier molecular flexibility index (Phi) is 7.89. The van der Waals surface area contributed by atoms with Crippen LogP contribution in [0.25, 0.3) is 16.9 Å². The van der Waals surface area contributed by atoms with Crippen LogP contribution in [-0.2, 0) is 9.59 Å². The zero-order chi connectivity index (χ0) is 26.5. The molecule has 11 heteroatoms. The average Bonchev–Trinajstić information content (AvgIpc) is 3.23. The molecule has 0 aliphatic rings. The second kappa shape index (κ2) is 10.9. The number of aliphatic carboxylic acids is 1. The van der Waals surface area contributed by atoms with Crippen molar-refractivity contribution in [2.75, 3.05) is 18.4 Å². The standard InChI is InChI=1S/C25H29N7O4/c1-15(2)31-19-10-20(32-8-5-17-9-16(12-26)13-30-22(17)32)29-14-18(19)23(35)27-6-7-28-24(36)25(3,4)11-21(33)34/h5,8-10,13-15H,6-7,11H2,1-4H3,(H,27,35)(H,28,36)(H,29,31)(H,33,34). The van der Waals surface area contributed by atoms with Gasteiger partial charge < -0.3 is 21.1 Å². The second-order valence-corrected chi connectivity index (χ2v) is 9.29. The Balaban J connectivity index is 1.73. The number of amides is 2. The number of nitrogens with zero attached hydrogens (tertiary/aromatic N) is 4. The Morgan fingerprint density at radius 3 is 2.53 bits per heavy atom. The van der Waals surface area contributed by atoms with Crippen molar-refractivity contribution < 1.29 is 19.5 Å². The van der Waals surface area contributed by atoms with Gasteiger partial charge in [-0.15, -0.1) is 0 Å². The molecule has 2 amide bonds. The third-order valence-electron chi connectivity index (χ3n) is 5.38. The first kappa shape index (κ1) is 26.2. The maximum Gasteiger partial charge on any atom is 0.304 e. The van der Waals surface area contributed by atoms with E-state index in [-0.39, 0.29) is 31.5 Å². The molecule has 3 rings (SSSR count). The molecule has 3 heterocycles. The van der Waals surface area contributed by atoms with E-state index in [1.165, 1.54) is 12.4 Å². The highest BCUT2D eigenvalue weighted by atomic mass is 16.4. The first-order valence-corrected chi connectivity index (χ1v) is 11.4. The summed E-state index contributed by atoms with van der Waals surface area (Å²) in [5, 5.41) is 27.5. The summed E-state index contributed by atoms with van der Waals surface area (Å²) in [6, 6.07) is 7.45. The van der Waals surface area contributed by atoms with Crippen molar-refractivity contribution in [3.8, 4) is 11.9 Å². The predicted molar refractivity (Wildman–Crippen MR) is 134 cm³/mol. The molecule has 3 aromatic rings. The molecule has 36 heavy (non-hydrogen) atoms. The highest BCUT2D eigenvalue weighted by Crippen LogP contribution is 2.23. The minimum atomic E-state index is -1.06. The van der Waals surface area contributed by atoms with Crippen LogP contribution in [0.4, 0.5) is 5.69 Å². The highest BCUT2D eigenvalue weighted by Gasteiger charge is 2.30. The maximum atomic E-state index is 12.9. The normalized spacial score (nSPS) is 11.2. The van der Waals surface area contributed by atoms with Crippen LogP contribution in [0.2, 0.25) is 0 Å². The van der Waals surface area contributed by atoms with Crippen LogP contribution < -0.4 is 16.0 Å². The molecule has 11 nitrogen and oxygen atoms in total. The molecule has 0 spiro atoms. The van der Waals surface area contributed by atoms with Crippen LogP contribution >= 0.6 is 0 Å². The summed E-state index contributed by atoms with van der Waals surface area (Å²) in [4.78, 5) is 44.9. The zero-order valence-corrected chi connectivity index (χ0v) is 20.6. The number of pyridine rings is 2. The van der Waals surface area contributed by atoms with Crippen molar-refractivity contribution in [1.29, 1.82) is 5.26 Å². The van der Waals surface area contributed by atoms with Gasteiger partial charge in [0.05, 0.1) is 28.7 Å². The number of carbonyl (C=O) groups is 3.